The van der Waals surface area contributed by atoms with Crippen molar-refractivity contribution in [2.45, 2.75) is 155 Å². The Balaban J connectivity index is 3.00. The number of hydrogen-bond donors (Lipinski definition) is 0. The maximum Gasteiger partial charge on any atom is 0.159 e. The van der Waals surface area contributed by atoms with Crippen LogP contribution in [-0.2, 0) is 4.74 Å². The first-order valence-electron chi connectivity index (χ1n) is 13.0. The highest BCUT2D eigenvalue weighted by atomic mass is 32.1. The first-order valence-corrected chi connectivity index (χ1v) is 13.4. The molecule has 0 heterocycles. The summed E-state index contributed by atoms with van der Waals surface area (Å²) in [4.78, 5) is 0. The minimum atomic E-state index is 0.771. The van der Waals surface area contributed by atoms with Gasteiger partial charge < -0.3 is 4.74 Å². The Hall–Kier alpha value is -0.110. The quantitative estimate of drug-likeness (QED) is 0.122. The third-order valence-electron chi connectivity index (χ3n) is 5.80. The Morgan fingerprint density at radius 2 is 0.750 bits per heavy atom. The first kappa shape index (κ1) is 27.9. The van der Waals surface area contributed by atoms with E-state index in [2.05, 4.69) is 13.8 Å². The Morgan fingerprint density at radius 3 is 1.04 bits per heavy atom. The zero-order valence-corrected chi connectivity index (χ0v) is 20.4. The summed E-state index contributed by atoms with van der Waals surface area (Å²) in [5, 5.41) is 0.771. The van der Waals surface area contributed by atoms with Crippen LogP contribution in [0.5, 0.6) is 0 Å². The molecule has 0 fully saturated rings. The zero-order chi connectivity index (χ0) is 20.5. The van der Waals surface area contributed by atoms with E-state index in [4.69, 9.17) is 17.0 Å². The fourth-order valence-electron chi connectivity index (χ4n) is 3.82. The van der Waals surface area contributed by atoms with Crippen LogP contribution < -0.4 is 0 Å². The van der Waals surface area contributed by atoms with Crippen molar-refractivity contribution in [2.75, 3.05) is 6.61 Å². The van der Waals surface area contributed by atoms with Crippen molar-refractivity contribution >= 4 is 17.3 Å². The van der Waals surface area contributed by atoms with Gasteiger partial charge in [-0.2, -0.15) is 0 Å². The van der Waals surface area contributed by atoms with Gasteiger partial charge in [-0.25, -0.2) is 0 Å². The number of hydrogen-bond acceptors (Lipinski definition) is 2. The van der Waals surface area contributed by atoms with Gasteiger partial charge in [-0.1, -0.05) is 142 Å². The maximum absolute atomic E-state index is 5.46. The van der Waals surface area contributed by atoms with Gasteiger partial charge in [-0.05, 0) is 18.6 Å². The molecule has 0 spiro atoms. The lowest BCUT2D eigenvalue weighted by Crippen LogP contribution is -2.01. The SMILES string of the molecule is CCCCCCCCCCCCCCCCCCCCCCCOC(=S)CC. The molecule has 0 unspecified atom stereocenters. The summed E-state index contributed by atoms with van der Waals surface area (Å²) in [5.74, 6) is 0. The molecule has 0 aliphatic rings. The molecule has 0 radical (unpaired) electrons. The van der Waals surface area contributed by atoms with Crippen molar-refractivity contribution in [3.63, 3.8) is 0 Å². The van der Waals surface area contributed by atoms with Crippen molar-refractivity contribution in [1.29, 1.82) is 0 Å². The lowest BCUT2D eigenvalue weighted by atomic mass is 10.0. The molecule has 28 heavy (non-hydrogen) atoms. The van der Waals surface area contributed by atoms with Crippen molar-refractivity contribution in [2.24, 2.45) is 0 Å². The normalized spacial score (nSPS) is 11.1. The molecule has 0 bridgehead atoms. The molecule has 0 aromatic heterocycles. The van der Waals surface area contributed by atoms with Crippen molar-refractivity contribution < 1.29 is 4.74 Å². The van der Waals surface area contributed by atoms with E-state index < -0.39 is 0 Å². The van der Waals surface area contributed by atoms with Crippen LogP contribution in [0.1, 0.15) is 155 Å². The van der Waals surface area contributed by atoms with Crippen LogP contribution in [0.25, 0.3) is 0 Å². The van der Waals surface area contributed by atoms with Gasteiger partial charge in [-0.3, -0.25) is 0 Å². The highest BCUT2D eigenvalue weighted by Gasteiger charge is 1.96. The molecule has 1 nitrogen and oxygen atoms in total. The van der Waals surface area contributed by atoms with E-state index in [0.717, 1.165) is 18.1 Å². The molecule has 0 aromatic carbocycles. The van der Waals surface area contributed by atoms with E-state index in [0.29, 0.717) is 0 Å². The number of thiocarbonyl (C=S) groups is 1. The van der Waals surface area contributed by atoms with Gasteiger partial charge in [0.05, 0.1) is 6.61 Å². The van der Waals surface area contributed by atoms with Gasteiger partial charge in [0, 0.05) is 6.42 Å². The van der Waals surface area contributed by atoms with Gasteiger partial charge in [0.15, 0.2) is 5.05 Å². The predicted molar refractivity (Wildman–Crippen MR) is 131 cm³/mol. The van der Waals surface area contributed by atoms with Crippen LogP contribution in [0.3, 0.4) is 0 Å². The molecule has 0 aliphatic heterocycles. The Kier molecular flexibility index (Phi) is 24.8. The van der Waals surface area contributed by atoms with Crippen LogP contribution in [0, 0.1) is 0 Å². The molecular weight excluding hydrogens is 360 g/mol. The summed E-state index contributed by atoms with van der Waals surface area (Å²) < 4.78 is 5.46. The topological polar surface area (TPSA) is 9.23 Å². The van der Waals surface area contributed by atoms with Gasteiger partial charge in [-0.15, -0.1) is 0 Å². The first-order chi connectivity index (χ1) is 13.8. The molecule has 168 valence electrons. The number of rotatable bonds is 23. The molecule has 0 aliphatic carbocycles. The lowest BCUT2D eigenvalue weighted by Gasteiger charge is -2.05. The van der Waals surface area contributed by atoms with Gasteiger partial charge in [0.25, 0.3) is 0 Å². The van der Waals surface area contributed by atoms with Crippen LogP contribution in [0.4, 0.5) is 0 Å². The van der Waals surface area contributed by atoms with Crippen LogP contribution >= 0.6 is 12.2 Å². The summed E-state index contributed by atoms with van der Waals surface area (Å²) in [5.41, 5.74) is 0. The summed E-state index contributed by atoms with van der Waals surface area (Å²) in [6, 6.07) is 0. The highest BCUT2D eigenvalue weighted by molar-refractivity contribution is 7.80. The van der Waals surface area contributed by atoms with E-state index in [9.17, 15) is 0 Å². The predicted octanol–water partition coefficient (Wildman–Crippen LogP) is 9.95. The van der Waals surface area contributed by atoms with E-state index in [1.165, 1.54) is 135 Å². The standard InChI is InChI=1S/C26H52OS/c1-3-5-6-7-8-9-10-11-12-13-14-15-16-17-18-19-20-21-22-23-24-25-27-26(28)4-2/h3-25H2,1-2H3. The smallest absolute Gasteiger partial charge is 0.159 e. The Labute approximate surface area is 183 Å². The minimum Gasteiger partial charge on any atom is -0.487 e. The van der Waals surface area contributed by atoms with Crippen LogP contribution in [-0.4, -0.2) is 11.7 Å². The molecule has 0 rings (SSSR count). The second kappa shape index (κ2) is 24.9. The van der Waals surface area contributed by atoms with Crippen LogP contribution in [0.2, 0.25) is 0 Å². The molecule has 0 saturated carbocycles. The van der Waals surface area contributed by atoms with Gasteiger partial charge >= 0.3 is 0 Å². The van der Waals surface area contributed by atoms with E-state index >= 15 is 0 Å². The summed E-state index contributed by atoms with van der Waals surface area (Å²) >= 11 is 5.06. The van der Waals surface area contributed by atoms with E-state index in [1.54, 1.807) is 0 Å². The van der Waals surface area contributed by atoms with Crippen molar-refractivity contribution in [3.05, 3.63) is 0 Å². The Morgan fingerprint density at radius 1 is 0.464 bits per heavy atom. The van der Waals surface area contributed by atoms with Crippen molar-refractivity contribution in [1.82, 2.24) is 0 Å². The highest BCUT2D eigenvalue weighted by Crippen LogP contribution is 2.15. The van der Waals surface area contributed by atoms with E-state index in [1.807, 2.05) is 0 Å². The molecule has 0 amide bonds. The third kappa shape index (κ3) is 23.9. The molecular formula is C26H52OS. The second-order valence-electron chi connectivity index (χ2n) is 8.65. The average Bonchev–Trinajstić information content (AvgIpc) is 2.71. The number of unbranched alkanes of at least 4 members (excludes halogenated alkanes) is 20. The largest absolute Gasteiger partial charge is 0.487 e. The minimum absolute atomic E-state index is 0.771. The Bertz CT molecular complexity index is 303. The van der Waals surface area contributed by atoms with Gasteiger partial charge in [0.1, 0.15) is 0 Å². The third-order valence-corrected chi connectivity index (χ3v) is 6.21. The summed E-state index contributed by atoms with van der Waals surface area (Å²) in [6.07, 6.45) is 30.9. The lowest BCUT2D eigenvalue weighted by molar-refractivity contribution is 0.293. The average molecular weight is 413 g/mol. The van der Waals surface area contributed by atoms with Gasteiger partial charge in [0.2, 0.25) is 0 Å². The van der Waals surface area contributed by atoms with Crippen molar-refractivity contribution in [3.8, 4) is 0 Å². The summed E-state index contributed by atoms with van der Waals surface area (Å²) in [6.45, 7) is 5.18. The zero-order valence-electron chi connectivity index (χ0n) is 19.6. The van der Waals surface area contributed by atoms with Crippen LogP contribution in [0.15, 0.2) is 0 Å². The molecule has 0 N–H and O–H groups in total. The maximum atomic E-state index is 5.46. The molecule has 0 aromatic rings. The summed E-state index contributed by atoms with van der Waals surface area (Å²) in [7, 11) is 0. The second-order valence-corrected chi connectivity index (χ2v) is 9.10. The number of ether oxygens (including phenoxy) is 1. The fourth-order valence-corrected chi connectivity index (χ4v) is 3.91. The fraction of sp³-hybridized carbons (Fsp3) is 0.962. The molecule has 0 atom stereocenters. The van der Waals surface area contributed by atoms with E-state index in [-0.39, 0.29) is 0 Å². The molecule has 2 heteroatoms. The monoisotopic (exact) mass is 412 g/mol. The molecule has 0 saturated heterocycles.